The van der Waals surface area contributed by atoms with Crippen molar-refractivity contribution in [3.05, 3.63) is 48.0 Å². The molecule has 7 heteroatoms. The van der Waals surface area contributed by atoms with E-state index in [1.165, 1.54) is 0 Å². The Morgan fingerprint density at radius 2 is 1.80 bits per heavy atom. The predicted octanol–water partition coefficient (Wildman–Crippen LogP) is 0.816. The third-order valence-electron chi connectivity index (χ3n) is 2.16. The first-order valence-corrected chi connectivity index (χ1v) is 7.74. The molecule has 0 aliphatic heterocycles. The molecule has 1 rings (SSSR count). The van der Waals surface area contributed by atoms with Crippen molar-refractivity contribution in [1.82, 2.24) is 5.43 Å². The van der Waals surface area contributed by atoms with Crippen molar-refractivity contribution in [1.29, 1.82) is 0 Å². The summed E-state index contributed by atoms with van der Waals surface area (Å²) in [6, 6.07) is 8.84. The Balaban J connectivity index is 0.000000370. The summed E-state index contributed by atoms with van der Waals surface area (Å²) in [4.78, 5) is 0. The minimum absolute atomic E-state index is 0.112. The largest absolute Gasteiger partial charge is 0.325 e. The van der Waals surface area contributed by atoms with Gasteiger partial charge in [0.15, 0.2) is 0 Å². The summed E-state index contributed by atoms with van der Waals surface area (Å²) in [7, 11) is -3.88. The van der Waals surface area contributed by atoms with Gasteiger partial charge in [-0.1, -0.05) is 42.5 Å². The maximum Gasteiger partial charge on any atom is 0.269 e. The van der Waals surface area contributed by atoms with Crippen LogP contribution in [-0.4, -0.2) is 25.1 Å². The van der Waals surface area contributed by atoms with E-state index in [9.17, 15) is 8.42 Å². The van der Waals surface area contributed by atoms with Gasteiger partial charge in [0.2, 0.25) is 0 Å². The summed E-state index contributed by atoms with van der Waals surface area (Å²) < 4.78 is 29.2. The van der Waals surface area contributed by atoms with Crippen LogP contribution in [0.15, 0.2) is 42.5 Å². The second-order valence-corrected chi connectivity index (χ2v) is 5.86. The quantitative estimate of drug-likeness (QED) is 0.277. The number of nitrogens with one attached hydrogen (secondary N) is 1. The minimum Gasteiger partial charge on any atom is -0.325 e. The first kappa shape index (κ1) is 18.8. The van der Waals surface area contributed by atoms with Crippen LogP contribution in [0.5, 0.6) is 0 Å². The molecule has 0 bridgehead atoms. The Kier molecular flexibility index (Phi) is 9.02. The first-order chi connectivity index (χ1) is 9.24. The molecule has 20 heavy (non-hydrogen) atoms. The molecule has 0 saturated carbocycles. The molecule has 0 spiro atoms. The highest BCUT2D eigenvalue weighted by Gasteiger charge is 2.04. The van der Waals surface area contributed by atoms with Gasteiger partial charge < -0.3 is 5.73 Å². The number of rotatable bonds is 5. The molecule has 0 heterocycles. The van der Waals surface area contributed by atoms with Crippen LogP contribution in [0.4, 0.5) is 0 Å². The van der Waals surface area contributed by atoms with Gasteiger partial charge in [0, 0.05) is 12.1 Å². The van der Waals surface area contributed by atoms with E-state index in [1.54, 1.807) is 30.3 Å². The van der Waals surface area contributed by atoms with Crippen LogP contribution < -0.4 is 17.0 Å². The van der Waals surface area contributed by atoms with Crippen molar-refractivity contribution >= 4 is 10.1 Å². The predicted molar refractivity (Wildman–Crippen MR) is 81.3 cm³/mol. The van der Waals surface area contributed by atoms with Crippen LogP contribution in [0.1, 0.15) is 19.4 Å². The van der Waals surface area contributed by atoms with E-state index in [1.807, 2.05) is 26.0 Å². The van der Waals surface area contributed by atoms with Crippen molar-refractivity contribution in [2.24, 2.45) is 11.6 Å². The minimum atomic E-state index is -3.88. The molecule has 0 aromatic heterocycles. The number of hydrazine groups is 1. The average molecular weight is 301 g/mol. The third kappa shape index (κ3) is 11.8. The molecule has 0 fully saturated rings. The van der Waals surface area contributed by atoms with Crippen molar-refractivity contribution < 1.29 is 13.0 Å². The Hall–Kier alpha value is -1.25. The van der Waals surface area contributed by atoms with E-state index in [0.29, 0.717) is 5.56 Å². The van der Waals surface area contributed by atoms with Gasteiger partial charge in [-0.05, 0) is 19.4 Å². The van der Waals surface area contributed by atoms with Crippen molar-refractivity contribution in [3.63, 3.8) is 0 Å². The van der Waals surface area contributed by atoms with Crippen LogP contribution in [0, 0.1) is 0 Å². The summed E-state index contributed by atoms with van der Waals surface area (Å²) in [5.41, 5.74) is 8.61. The van der Waals surface area contributed by atoms with Crippen LogP contribution >= 0.6 is 0 Å². The molecular weight excluding hydrogens is 278 g/mol. The zero-order valence-electron chi connectivity index (χ0n) is 11.7. The standard InChI is InChI=1S/C7H8O3S.C6H15N3/c8-11(9,10)6-7-4-2-1-3-5-7;1-5(7)3-4-6(2)9-8/h1-5H,6H2,(H,8,9,10);3-6,9H,7-8H2,1-2H3/b;4-3-/t;5-,6+/m.0/s1. The number of hydrogen-bond donors (Lipinski definition) is 4. The fourth-order valence-corrected chi connectivity index (χ4v) is 1.80. The van der Waals surface area contributed by atoms with Crippen molar-refractivity contribution in [3.8, 4) is 0 Å². The molecule has 1 aromatic rings. The molecular formula is C13H23N3O3S. The van der Waals surface area contributed by atoms with Gasteiger partial charge in [-0.2, -0.15) is 8.42 Å². The van der Waals surface area contributed by atoms with Crippen molar-refractivity contribution in [2.45, 2.75) is 31.7 Å². The van der Waals surface area contributed by atoms with Crippen LogP contribution in [0.25, 0.3) is 0 Å². The molecule has 0 aliphatic rings. The Morgan fingerprint density at radius 1 is 1.25 bits per heavy atom. The van der Waals surface area contributed by atoms with Gasteiger partial charge in [0.1, 0.15) is 5.75 Å². The van der Waals surface area contributed by atoms with Crippen LogP contribution in [0.3, 0.4) is 0 Å². The van der Waals surface area contributed by atoms with Crippen LogP contribution in [0.2, 0.25) is 0 Å². The fraction of sp³-hybridized carbons (Fsp3) is 0.385. The maximum atomic E-state index is 10.4. The summed E-state index contributed by atoms with van der Waals surface area (Å²) in [5.74, 6) is 4.80. The van der Waals surface area contributed by atoms with Gasteiger partial charge in [0.25, 0.3) is 10.1 Å². The second-order valence-electron chi connectivity index (χ2n) is 4.41. The smallest absolute Gasteiger partial charge is 0.269 e. The van der Waals surface area contributed by atoms with Gasteiger partial charge in [-0.3, -0.25) is 15.8 Å². The van der Waals surface area contributed by atoms with Gasteiger partial charge in [-0.25, -0.2) is 0 Å². The molecule has 2 atom stereocenters. The van der Waals surface area contributed by atoms with Crippen LogP contribution in [-0.2, 0) is 15.9 Å². The van der Waals surface area contributed by atoms with E-state index in [2.05, 4.69) is 5.43 Å². The van der Waals surface area contributed by atoms with E-state index in [0.717, 1.165) is 0 Å². The zero-order chi connectivity index (χ0) is 15.6. The normalized spacial score (nSPS) is 14.4. The Labute approximate surface area is 120 Å². The lowest BCUT2D eigenvalue weighted by Gasteiger charge is -2.02. The highest BCUT2D eigenvalue weighted by Crippen LogP contribution is 2.02. The van der Waals surface area contributed by atoms with E-state index >= 15 is 0 Å². The van der Waals surface area contributed by atoms with Gasteiger partial charge >= 0.3 is 0 Å². The zero-order valence-corrected chi connectivity index (χ0v) is 12.5. The van der Waals surface area contributed by atoms with Gasteiger partial charge in [-0.15, -0.1) is 0 Å². The molecule has 1 aromatic carbocycles. The maximum absolute atomic E-state index is 10.4. The highest BCUT2D eigenvalue weighted by atomic mass is 32.2. The first-order valence-electron chi connectivity index (χ1n) is 6.13. The monoisotopic (exact) mass is 301 g/mol. The topological polar surface area (TPSA) is 118 Å². The second kappa shape index (κ2) is 9.62. The molecule has 114 valence electrons. The summed E-state index contributed by atoms with van der Waals surface area (Å²) in [5, 5.41) is 0. The average Bonchev–Trinajstić information content (AvgIpc) is 2.36. The SMILES string of the molecule is C[C@H](N)/C=C\[C@@H](C)NN.O=S(=O)(O)Cc1ccccc1. The van der Waals surface area contributed by atoms with E-state index in [-0.39, 0.29) is 17.8 Å². The van der Waals surface area contributed by atoms with Gasteiger partial charge in [0.05, 0.1) is 0 Å². The molecule has 0 saturated heterocycles. The molecule has 6 N–H and O–H groups in total. The fourth-order valence-electron chi connectivity index (χ4n) is 1.18. The molecule has 0 unspecified atom stereocenters. The lowest BCUT2D eigenvalue weighted by molar-refractivity contribution is 0.482. The Morgan fingerprint density at radius 3 is 2.20 bits per heavy atom. The van der Waals surface area contributed by atoms with E-state index in [4.69, 9.17) is 16.1 Å². The summed E-state index contributed by atoms with van der Waals surface area (Å²) in [6.45, 7) is 3.87. The van der Waals surface area contributed by atoms with Crippen molar-refractivity contribution in [2.75, 3.05) is 0 Å². The highest BCUT2D eigenvalue weighted by molar-refractivity contribution is 7.85. The molecule has 0 radical (unpaired) electrons. The third-order valence-corrected chi connectivity index (χ3v) is 2.86. The number of nitrogens with two attached hydrogens (primary N) is 2. The molecule has 0 amide bonds. The Bertz CT molecular complexity index is 487. The number of benzene rings is 1. The summed E-state index contributed by atoms with van der Waals surface area (Å²) >= 11 is 0. The van der Waals surface area contributed by atoms with E-state index < -0.39 is 10.1 Å². The lowest BCUT2D eigenvalue weighted by Crippen LogP contribution is -2.31. The lowest BCUT2D eigenvalue weighted by atomic mass is 10.2. The molecule has 6 nitrogen and oxygen atoms in total. The molecule has 0 aliphatic carbocycles. The summed E-state index contributed by atoms with van der Waals surface area (Å²) in [6.07, 6.45) is 3.84. The number of hydrogen-bond acceptors (Lipinski definition) is 5.